The van der Waals surface area contributed by atoms with Crippen molar-refractivity contribution >= 4 is 17.7 Å². The van der Waals surface area contributed by atoms with Gasteiger partial charge in [-0.25, -0.2) is 9.78 Å². The van der Waals surface area contributed by atoms with Gasteiger partial charge >= 0.3 is 6.09 Å². The fraction of sp³-hybridized carbons (Fsp3) is 0.167. The van der Waals surface area contributed by atoms with Crippen LogP contribution in [0, 0.1) is 0 Å². The van der Waals surface area contributed by atoms with E-state index in [1.54, 1.807) is 43.0 Å². The number of carbonyl (C=O) groups excluding carboxylic acids is 2. The van der Waals surface area contributed by atoms with Crippen LogP contribution >= 0.6 is 0 Å². The molecule has 5 rings (SSSR count). The molecule has 4 aromatic rings. The van der Waals surface area contributed by atoms with Gasteiger partial charge in [-0.05, 0) is 48.7 Å². The summed E-state index contributed by atoms with van der Waals surface area (Å²) >= 11 is 0. The zero-order chi connectivity index (χ0) is 23.5. The monoisotopic (exact) mass is 455 g/mol. The van der Waals surface area contributed by atoms with Gasteiger partial charge in [0.2, 0.25) is 5.88 Å². The van der Waals surface area contributed by atoms with E-state index in [1.807, 2.05) is 24.3 Å². The summed E-state index contributed by atoms with van der Waals surface area (Å²) in [7, 11) is 1.47. The van der Waals surface area contributed by atoms with Gasteiger partial charge < -0.3 is 19.9 Å². The van der Waals surface area contributed by atoms with Crippen molar-refractivity contribution in [2.45, 2.75) is 18.9 Å². The molecule has 34 heavy (non-hydrogen) atoms. The van der Waals surface area contributed by atoms with Crippen LogP contribution in [-0.2, 0) is 0 Å². The summed E-state index contributed by atoms with van der Waals surface area (Å²) in [5, 5.41) is 13.6. The molecule has 0 saturated heterocycles. The van der Waals surface area contributed by atoms with Crippen LogP contribution in [0.4, 0.5) is 10.5 Å². The maximum atomic E-state index is 12.9. The van der Waals surface area contributed by atoms with Crippen molar-refractivity contribution in [2.75, 3.05) is 12.4 Å². The summed E-state index contributed by atoms with van der Waals surface area (Å²) in [5.41, 5.74) is 3.29. The van der Waals surface area contributed by atoms with Crippen molar-refractivity contribution < 1.29 is 14.3 Å². The average Bonchev–Trinajstić information content (AvgIpc) is 3.60. The molecule has 0 bridgehead atoms. The summed E-state index contributed by atoms with van der Waals surface area (Å²) in [6.07, 6.45) is 6.54. The number of anilines is 1. The lowest BCUT2D eigenvalue weighted by molar-refractivity contribution is 0.102. The second-order valence-electron chi connectivity index (χ2n) is 7.78. The molecule has 170 valence electrons. The molecule has 3 aromatic heterocycles. The third-order valence-corrected chi connectivity index (χ3v) is 5.36. The van der Waals surface area contributed by atoms with Gasteiger partial charge in [-0.3, -0.25) is 9.78 Å². The van der Waals surface area contributed by atoms with Gasteiger partial charge in [0.05, 0.1) is 0 Å². The SMILES string of the molecule is CNC(=O)Oc1ccc(-c2ccnc(C(=O)Nc3cccc(-c4nncn4C4CC4)c3)c2)cn1. The molecule has 0 aliphatic heterocycles. The zero-order valence-corrected chi connectivity index (χ0v) is 18.3. The van der Waals surface area contributed by atoms with Gasteiger partial charge in [-0.15, -0.1) is 10.2 Å². The minimum absolute atomic E-state index is 0.174. The molecule has 1 aliphatic rings. The lowest BCUT2D eigenvalue weighted by atomic mass is 10.1. The van der Waals surface area contributed by atoms with E-state index in [0.717, 1.165) is 35.4 Å². The van der Waals surface area contributed by atoms with Crippen LogP contribution in [-0.4, -0.2) is 43.8 Å². The fourth-order valence-corrected chi connectivity index (χ4v) is 3.49. The Hall–Kier alpha value is -4.60. The molecule has 3 heterocycles. The van der Waals surface area contributed by atoms with Crippen molar-refractivity contribution in [2.24, 2.45) is 0 Å². The van der Waals surface area contributed by atoms with Crippen molar-refractivity contribution in [3.8, 4) is 28.4 Å². The predicted octanol–water partition coefficient (Wildman–Crippen LogP) is 3.71. The molecule has 1 fully saturated rings. The van der Waals surface area contributed by atoms with Gasteiger partial charge in [0, 0.05) is 48.4 Å². The molecular formula is C24H21N7O3. The highest BCUT2D eigenvalue weighted by atomic mass is 16.6. The number of pyridine rings is 2. The molecular weight excluding hydrogens is 434 g/mol. The van der Waals surface area contributed by atoms with Crippen LogP contribution in [0.2, 0.25) is 0 Å². The number of carbonyl (C=O) groups is 2. The molecule has 1 aliphatic carbocycles. The van der Waals surface area contributed by atoms with E-state index in [9.17, 15) is 9.59 Å². The van der Waals surface area contributed by atoms with Crippen molar-refractivity contribution in [1.82, 2.24) is 30.0 Å². The van der Waals surface area contributed by atoms with E-state index in [-0.39, 0.29) is 17.5 Å². The smallest absolute Gasteiger partial charge is 0.391 e. The minimum atomic E-state index is -0.597. The lowest BCUT2D eigenvalue weighted by Crippen LogP contribution is -2.22. The maximum absolute atomic E-state index is 12.9. The van der Waals surface area contributed by atoms with Gasteiger partial charge in [0.15, 0.2) is 5.82 Å². The molecule has 0 spiro atoms. The Kier molecular flexibility index (Phi) is 5.69. The number of nitrogens with one attached hydrogen (secondary N) is 2. The summed E-state index contributed by atoms with van der Waals surface area (Å²) in [6, 6.07) is 14.7. The lowest BCUT2D eigenvalue weighted by Gasteiger charge is -2.09. The van der Waals surface area contributed by atoms with E-state index >= 15 is 0 Å². The number of amides is 2. The number of aromatic nitrogens is 5. The van der Waals surface area contributed by atoms with Crippen molar-refractivity contribution in [3.05, 3.63) is 72.9 Å². The predicted molar refractivity (Wildman–Crippen MR) is 124 cm³/mol. The first-order chi connectivity index (χ1) is 16.6. The number of hydrogen-bond donors (Lipinski definition) is 2. The molecule has 10 nitrogen and oxygen atoms in total. The third-order valence-electron chi connectivity index (χ3n) is 5.36. The van der Waals surface area contributed by atoms with Crippen LogP contribution in [0.25, 0.3) is 22.5 Å². The molecule has 1 aromatic carbocycles. The standard InChI is InChI=1S/C24H21N7O3/c1-25-24(33)34-21-8-5-17(13-27-21)15-9-10-26-20(12-15)23(32)29-18-4-2-3-16(11-18)22-30-28-14-31(22)19-6-7-19/h2-5,8-14,19H,6-7H2,1H3,(H,25,33)(H,29,32). The topological polar surface area (TPSA) is 124 Å². The Morgan fingerprint density at radius 2 is 1.91 bits per heavy atom. The Balaban J connectivity index is 1.32. The molecule has 10 heteroatoms. The number of hydrogen-bond acceptors (Lipinski definition) is 7. The Labute approximate surface area is 195 Å². The van der Waals surface area contributed by atoms with Crippen molar-refractivity contribution in [3.63, 3.8) is 0 Å². The van der Waals surface area contributed by atoms with Gasteiger partial charge in [0.25, 0.3) is 5.91 Å². The molecule has 0 unspecified atom stereocenters. The highest BCUT2D eigenvalue weighted by Gasteiger charge is 2.26. The van der Waals surface area contributed by atoms with Crippen LogP contribution in [0.3, 0.4) is 0 Å². The number of nitrogens with zero attached hydrogens (tertiary/aromatic N) is 5. The quantitative estimate of drug-likeness (QED) is 0.454. The maximum Gasteiger partial charge on any atom is 0.413 e. The normalized spacial score (nSPS) is 12.7. The number of benzene rings is 1. The second-order valence-corrected chi connectivity index (χ2v) is 7.78. The highest BCUT2D eigenvalue weighted by Crippen LogP contribution is 2.37. The van der Waals surface area contributed by atoms with E-state index in [1.165, 1.54) is 7.05 Å². The molecule has 0 radical (unpaired) electrons. The van der Waals surface area contributed by atoms with Gasteiger partial charge in [-0.2, -0.15) is 0 Å². The number of ether oxygens (including phenoxy) is 1. The minimum Gasteiger partial charge on any atom is -0.391 e. The Morgan fingerprint density at radius 1 is 1.03 bits per heavy atom. The average molecular weight is 455 g/mol. The Bertz CT molecular complexity index is 1350. The van der Waals surface area contributed by atoms with Crippen LogP contribution < -0.4 is 15.4 Å². The van der Waals surface area contributed by atoms with Gasteiger partial charge in [-0.1, -0.05) is 12.1 Å². The van der Waals surface area contributed by atoms with E-state index in [4.69, 9.17) is 4.74 Å². The van der Waals surface area contributed by atoms with E-state index in [0.29, 0.717) is 11.7 Å². The van der Waals surface area contributed by atoms with Crippen LogP contribution in [0.1, 0.15) is 29.4 Å². The summed E-state index contributed by atoms with van der Waals surface area (Å²) < 4.78 is 7.07. The molecule has 1 saturated carbocycles. The van der Waals surface area contributed by atoms with Crippen molar-refractivity contribution in [1.29, 1.82) is 0 Å². The first-order valence-electron chi connectivity index (χ1n) is 10.7. The van der Waals surface area contributed by atoms with Crippen LogP contribution in [0.15, 0.2) is 67.3 Å². The summed E-state index contributed by atoms with van der Waals surface area (Å²) in [5.74, 6) is 0.623. The molecule has 2 amide bonds. The summed E-state index contributed by atoms with van der Waals surface area (Å²) in [6.45, 7) is 0. The van der Waals surface area contributed by atoms with E-state index in [2.05, 4.69) is 35.4 Å². The first kappa shape index (κ1) is 21.3. The highest BCUT2D eigenvalue weighted by molar-refractivity contribution is 6.03. The van der Waals surface area contributed by atoms with Crippen LogP contribution in [0.5, 0.6) is 5.88 Å². The Morgan fingerprint density at radius 3 is 2.68 bits per heavy atom. The van der Waals surface area contributed by atoms with E-state index < -0.39 is 6.09 Å². The summed E-state index contributed by atoms with van der Waals surface area (Å²) in [4.78, 5) is 32.5. The second kappa shape index (κ2) is 9.10. The first-order valence-corrected chi connectivity index (χ1v) is 10.7. The number of rotatable bonds is 6. The van der Waals surface area contributed by atoms with Gasteiger partial charge in [0.1, 0.15) is 12.0 Å². The third kappa shape index (κ3) is 4.60. The fourth-order valence-electron chi connectivity index (χ4n) is 3.49. The zero-order valence-electron chi connectivity index (χ0n) is 18.3. The molecule has 2 N–H and O–H groups in total. The largest absolute Gasteiger partial charge is 0.413 e. The molecule has 0 atom stereocenters.